The number of anilines is 1. The molecule has 1 amide bonds. The van der Waals surface area contributed by atoms with Crippen molar-refractivity contribution < 1.29 is 14.7 Å². The lowest BCUT2D eigenvalue weighted by Crippen LogP contribution is -2.29. The van der Waals surface area contributed by atoms with Gasteiger partial charge in [-0.05, 0) is 23.8 Å². The number of hydrogen-bond acceptors (Lipinski definition) is 3. The van der Waals surface area contributed by atoms with Gasteiger partial charge in [0.2, 0.25) is 5.91 Å². The summed E-state index contributed by atoms with van der Waals surface area (Å²) in [4.78, 5) is 29.0. The van der Waals surface area contributed by atoms with E-state index in [4.69, 9.17) is 5.11 Å². The van der Waals surface area contributed by atoms with Crippen molar-refractivity contribution in [2.45, 2.75) is 12.8 Å². The number of carboxylic acid groups (broad SMARTS) is 1. The van der Waals surface area contributed by atoms with E-state index in [0.29, 0.717) is 13.0 Å². The molecule has 0 bridgehead atoms. The van der Waals surface area contributed by atoms with Gasteiger partial charge in [0.05, 0.1) is 12.0 Å². The minimum Gasteiger partial charge on any atom is -0.478 e. The summed E-state index contributed by atoms with van der Waals surface area (Å²) in [6, 6.07) is 4.83. The molecule has 6 nitrogen and oxygen atoms in total. The molecule has 0 saturated carbocycles. The van der Waals surface area contributed by atoms with E-state index in [-0.39, 0.29) is 17.9 Å². The summed E-state index contributed by atoms with van der Waals surface area (Å²) >= 11 is 0. The fourth-order valence-corrected chi connectivity index (χ4v) is 2.61. The molecule has 6 heteroatoms. The number of aromatic nitrogens is 2. The van der Waals surface area contributed by atoms with Gasteiger partial charge < -0.3 is 14.6 Å². The Bertz CT molecular complexity index is 721. The van der Waals surface area contributed by atoms with E-state index in [1.54, 1.807) is 23.2 Å². The summed E-state index contributed by atoms with van der Waals surface area (Å²) < 4.78 is 1.93. The van der Waals surface area contributed by atoms with Crippen LogP contribution in [-0.4, -0.2) is 33.1 Å². The first kappa shape index (κ1) is 13.4. The number of benzene rings is 1. The minimum atomic E-state index is -0.975. The summed E-state index contributed by atoms with van der Waals surface area (Å²) in [5.74, 6) is -0.0585. The van der Waals surface area contributed by atoms with Crippen LogP contribution < -0.4 is 4.90 Å². The number of rotatable bonds is 4. The molecule has 0 fully saturated rings. The lowest BCUT2D eigenvalue weighted by atomic mass is 10.1. The van der Waals surface area contributed by atoms with Crippen molar-refractivity contribution in [1.29, 1.82) is 0 Å². The fraction of sp³-hybridized carbons (Fsp3) is 0.267. The largest absolute Gasteiger partial charge is 0.478 e. The lowest BCUT2D eigenvalue weighted by molar-refractivity contribution is -0.117. The van der Waals surface area contributed by atoms with Gasteiger partial charge in [-0.3, -0.25) is 4.79 Å². The van der Waals surface area contributed by atoms with Crippen molar-refractivity contribution in [3.05, 3.63) is 47.5 Å². The molecule has 1 N–H and O–H groups in total. The third-order valence-corrected chi connectivity index (χ3v) is 3.74. The van der Waals surface area contributed by atoms with Crippen LogP contribution in [0.1, 0.15) is 21.7 Å². The molecule has 1 aromatic heterocycles. The Morgan fingerprint density at radius 3 is 2.90 bits per heavy atom. The molecule has 108 valence electrons. The van der Waals surface area contributed by atoms with Gasteiger partial charge in [0.1, 0.15) is 5.82 Å². The monoisotopic (exact) mass is 285 g/mol. The van der Waals surface area contributed by atoms with Gasteiger partial charge in [-0.1, -0.05) is 0 Å². The van der Waals surface area contributed by atoms with E-state index in [9.17, 15) is 9.59 Å². The van der Waals surface area contributed by atoms with Crippen molar-refractivity contribution in [3.8, 4) is 0 Å². The van der Waals surface area contributed by atoms with Crippen molar-refractivity contribution in [2.75, 3.05) is 11.4 Å². The van der Waals surface area contributed by atoms with Crippen LogP contribution in [0.4, 0.5) is 5.69 Å². The van der Waals surface area contributed by atoms with Crippen LogP contribution in [0, 0.1) is 0 Å². The highest BCUT2D eigenvalue weighted by Crippen LogP contribution is 2.29. The summed E-state index contributed by atoms with van der Waals surface area (Å²) in [7, 11) is 1.92. The maximum Gasteiger partial charge on any atom is 0.335 e. The Morgan fingerprint density at radius 1 is 1.43 bits per heavy atom. The number of amides is 1. The molecule has 0 atom stereocenters. The van der Waals surface area contributed by atoms with Crippen LogP contribution >= 0.6 is 0 Å². The number of fused-ring (bicyclic) bond motifs is 1. The normalized spacial score (nSPS) is 13.6. The Balaban J connectivity index is 1.81. The zero-order chi connectivity index (χ0) is 15.0. The zero-order valence-corrected chi connectivity index (χ0v) is 11.6. The van der Waals surface area contributed by atoms with E-state index in [0.717, 1.165) is 17.1 Å². The smallest absolute Gasteiger partial charge is 0.335 e. The predicted molar refractivity (Wildman–Crippen MR) is 76.4 cm³/mol. The van der Waals surface area contributed by atoms with Gasteiger partial charge in [-0.25, -0.2) is 9.78 Å². The number of carbonyl (C=O) groups excluding carboxylic acids is 1. The van der Waals surface area contributed by atoms with Crippen LogP contribution in [0.25, 0.3) is 0 Å². The highest BCUT2D eigenvalue weighted by Gasteiger charge is 2.27. The summed E-state index contributed by atoms with van der Waals surface area (Å²) in [5.41, 5.74) is 1.80. The first-order chi connectivity index (χ1) is 10.1. The standard InChI is InChI=1S/C15H15N3O3/c1-17-7-5-16-13(17)4-6-18-12-3-2-10(15(20)21)8-11(12)9-14(18)19/h2-3,5,7-8H,4,6,9H2,1H3,(H,20,21). The summed E-state index contributed by atoms with van der Waals surface area (Å²) in [6.07, 6.45) is 4.52. The second-order valence-corrected chi connectivity index (χ2v) is 5.08. The third kappa shape index (κ3) is 2.40. The number of aromatic carboxylic acids is 1. The molecule has 0 spiro atoms. The average Bonchev–Trinajstić information content (AvgIpc) is 2.98. The van der Waals surface area contributed by atoms with Gasteiger partial charge >= 0.3 is 5.97 Å². The lowest BCUT2D eigenvalue weighted by Gasteiger charge is -2.17. The van der Waals surface area contributed by atoms with Crippen LogP contribution in [0.15, 0.2) is 30.6 Å². The molecule has 1 aliphatic heterocycles. The number of hydrogen-bond donors (Lipinski definition) is 1. The first-order valence-electron chi connectivity index (χ1n) is 6.69. The maximum absolute atomic E-state index is 12.1. The second kappa shape index (κ2) is 5.05. The van der Waals surface area contributed by atoms with Gasteiger partial charge in [0.25, 0.3) is 0 Å². The molecule has 2 aromatic rings. The summed E-state index contributed by atoms with van der Waals surface area (Å²) in [6.45, 7) is 0.545. The van der Waals surface area contributed by atoms with Crippen LogP contribution in [0.3, 0.4) is 0 Å². The topological polar surface area (TPSA) is 75.4 Å². The number of carbonyl (C=O) groups is 2. The van der Waals surface area contributed by atoms with E-state index in [1.165, 1.54) is 6.07 Å². The molecule has 3 rings (SSSR count). The van der Waals surface area contributed by atoms with Crippen molar-refractivity contribution in [3.63, 3.8) is 0 Å². The van der Waals surface area contributed by atoms with Gasteiger partial charge in [0.15, 0.2) is 0 Å². The molecule has 0 unspecified atom stereocenters. The molecule has 1 aromatic carbocycles. The van der Waals surface area contributed by atoms with Crippen molar-refractivity contribution in [1.82, 2.24) is 9.55 Å². The van der Waals surface area contributed by atoms with Crippen molar-refractivity contribution >= 4 is 17.6 Å². The highest BCUT2D eigenvalue weighted by atomic mass is 16.4. The van der Waals surface area contributed by atoms with E-state index in [1.807, 2.05) is 17.8 Å². The molecular weight excluding hydrogens is 270 g/mol. The molecule has 21 heavy (non-hydrogen) atoms. The first-order valence-corrected chi connectivity index (χ1v) is 6.69. The Kier molecular flexibility index (Phi) is 3.21. The Labute approximate surface area is 121 Å². The zero-order valence-electron chi connectivity index (χ0n) is 11.6. The molecule has 0 aliphatic carbocycles. The Morgan fingerprint density at radius 2 is 2.24 bits per heavy atom. The molecule has 0 saturated heterocycles. The average molecular weight is 285 g/mol. The maximum atomic E-state index is 12.1. The van der Waals surface area contributed by atoms with E-state index < -0.39 is 5.97 Å². The highest BCUT2D eigenvalue weighted by molar-refractivity contribution is 6.02. The van der Waals surface area contributed by atoms with Crippen LogP contribution in [-0.2, 0) is 24.7 Å². The molecule has 1 aliphatic rings. The van der Waals surface area contributed by atoms with Gasteiger partial charge in [0, 0.05) is 38.1 Å². The fourth-order valence-electron chi connectivity index (χ4n) is 2.61. The molecule has 0 radical (unpaired) electrons. The third-order valence-electron chi connectivity index (χ3n) is 3.74. The van der Waals surface area contributed by atoms with Crippen LogP contribution in [0.5, 0.6) is 0 Å². The van der Waals surface area contributed by atoms with E-state index in [2.05, 4.69) is 4.98 Å². The second-order valence-electron chi connectivity index (χ2n) is 5.08. The molecular formula is C15H15N3O3. The van der Waals surface area contributed by atoms with E-state index >= 15 is 0 Å². The number of nitrogens with zero attached hydrogens (tertiary/aromatic N) is 3. The molecule has 2 heterocycles. The SMILES string of the molecule is Cn1ccnc1CCN1C(=O)Cc2cc(C(=O)O)ccc21. The predicted octanol–water partition coefficient (Wildman–Crippen LogP) is 1.25. The Hall–Kier alpha value is -2.63. The number of imidazole rings is 1. The van der Waals surface area contributed by atoms with Gasteiger partial charge in [-0.15, -0.1) is 0 Å². The quantitative estimate of drug-likeness (QED) is 0.917. The number of aryl methyl sites for hydroxylation is 1. The minimum absolute atomic E-state index is 0.00162. The van der Waals surface area contributed by atoms with Gasteiger partial charge in [-0.2, -0.15) is 0 Å². The number of carboxylic acids is 1. The van der Waals surface area contributed by atoms with Crippen LogP contribution in [0.2, 0.25) is 0 Å². The van der Waals surface area contributed by atoms with Crippen molar-refractivity contribution in [2.24, 2.45) is 7.05 Å². The summed E-state index contributed by atoms with van der Waals surface area (Å²) in [5, 5.41) is 9.00.